The molecule has 6 nitrogen and oxygen atoms in total. The van der Waals surface area contributed by atoms with Gasteiger partial charge in [0.1, 0.15) is 5.75 Å². The van der Waals surface area contributed by atoms with Crippen molar-refractivity contribution in [3.8, 4) is 17.0 Å². The van der Waals surface area contributed by atoms with Crippen LogP contribution in [0, 0.1) is 17.0 Å². The van der Waals surface area contributed by atoms with E-state index >= 15 is 0 Å². The lowest BCUT2D eigenvalue weighted by Gasteiger charge is -2.02. The topological polar surface area (TPSA) is 77.3 Å². The summed E-state index contributed by atoms with van der Waals surface area (Å²) in [5, 5.41) is 14.6. The quantitative estimate of drug-likeness (QED) is 0.534. The highest BCUT2D eigenvalue weighted by molar-refractivity contribution is 7.16. The van der Waals surface area contributed by atoms with Crippen LogP contribution in [0.1, 0.15) is 4.88 Å². The summed E-state index contributed by atoms with van der Waals surface area (Å²) in [5.41, 5.74) is 2.75. The highest BCUT2D eigenvalue weighted by Gasteiger charge is 2.11. The van der Waals surface area contributed by atoms with Gasteiger partial charge in [0.2, 0.25) is 0 Å². The van der Waals surface area contributed by atoms with E-state index in [1.807, 2.05) is 31.2 Å². The van der Waals surface area contributed by atoms with Crippen LogP contribution >= 0.6 is 11.3 Å². The molecule has 0 radical (unpaired) electrons. The Balaban J connectivity index is 1.81. The van der Waals surface area contributed by atoms with Crippen molar-refractivity contribution >= 4 is 27.8 Å². The van der Waals surface area contributed by atoms with Crippen molar-refractivity contribution in [1.29, 1.82) is 0 Å². The van der Waals surface area contributed by atoms with Crippen LogP contribution in [0.4, 0.5) is 16.5 Å². The first-order valence-corrected chi connectivity index (χ1v) is 8.02. The van der Waals surface area contributed by atoms with Crippen molar-refractivity contribution in [3.63, 3.8) is 0 Å². The van der Waals surface area contributed by atoms with Crippen molar-refractivity contribution in [2.45, 2.75) is 6.92 Å². The Morgan fingerprint density at radius 3 is 2.38 bits per heavy atom. The maximum absolute atomic E-state index is 10.7. The molecule has 1 N–H and O–H groups in total. The van der Waals surface area contributed by atoms with E-state index in [1.54, 1.807) is 19.2 Å². The zero-order valence-corrected chi connectivity index (χ0v) is 14.0. The number of methoxy groups -OCH3 is 1. The van der Waals surface area contributed by atoms with Gasteiger partial charge >= 0.3 is 0 Å². The summed E-state index contributed by atoms with van der Waals surface area (Å²) in [5.74, 6) is 0.802. The highest BCUT2D eigenvalue weighted by Crippen LogP contribution is 2.33. The molecule has 0 atom stereocenters. The number of anilines is 2. The summed E-state index contributed by atoms with van der Waals surface area (Å²) in [6.07, 6.45) is 0. The average molecular weight is 341 g/mol. The van der Waals surface area contributed by atoms with Gasteiger partial charge in [-0.3, -0.25) is 10.1 Å². The molecule has 24 heavy (non-hydrogen) atoms. The van der Waals surface area contributed by atoms with Crippen LogP contribution in [-0.2, 0) is 0 Å². The molecule has 122 valence electrons. The Morgan fingerprint density at radius 2 is 1.79 bits per heavy atom. The van der Waals surface area contributed by atoms with Crippen LogP contribution in [0.2, 0.25) is 0 Å². The number of hydrogen-bond acceptors (Lipinski definition) is 6. The number of benzene rings is 2. The van der Waals surface area contributed by atoms with E-state index in [-0.39, 0.29) is 5.69 Å². The van der Waals surface area contributed by atoms with E-state index in [2.05, 4.69) is 10.3 Å². The normalized spacial score (nSPS) is 10.4. The van der Waals surface area contributed by atoms with Crippen LogP contribution in [0.25, 0.3) is 11.3 Å². The Hall–Kier alpha value is -2.93. The number of ether oxygens (including phenoxy) is 1. The molecule has 0 saturated heterocycles. The van der Waals surface area contributed by atoms with Crippen LogP contribution in [0.15, 0.2) is 48.5 Å². The number of hydrogen-bond donors (Lipinski definition) is 1. The summed E-state index contributed by atoms with van der Waals surface area (Å²) in [6.45, 7) is 2.01. The second-order valence-corrected chi connectivity index (χ2v) is 6.28. The molecule has 0 unspecified atom stereocenters. The summed E-state index contributed by atoms with van der Waals surface area (Å²) >= 11 is 1.54. The molecule has 0 fully saturated rings. The highest BCUT2D eigenvalue weighted by atomic mass is 32.1. The van der Waals surface area contributed by atoms with Crippen molar-refractivity contribution in [1.82, 2.24) is 4.98 Å². The Kier molecular flexibility index (Phi) is 4.43. The first-order valence-electron chi connectivity index (χ1n) is 7.20. The Bertz CT molecular complexity index is 858. The van der Waals surface area contributed by atoms with E-state index in [0.717, 1.165) is 32.7 Å². The number of aryl methyl sites for hydroxylation is 1. The minimum absolute atomic E-state index is 0.0646. The predicted molar refractivity (Wildman–Crippen MR) is 95.2 cm³/mol. The number of nitro groups is 1. The fourth-order valence-electron chi connectivity index (χ4n) is 2.26. The lowest BCUT2D eigenvalue weighted by Crippen LogP contribution is -1.91. The second kappa shape index (κ2) is 6.67. The Morgan fingerprint density at radius 1 is 1.12 bits per heavy atom. The molecule has 0 aliphatic rings. The van der Waals surface area contributed by atoms with E-state index < -0.39 is 4.92 Å². The standard InChI is InChI=1S/C17H15N3O3S/c1-11-16(12-3-9-15(23-2)10-4-12)19-17(24-11)18-13-5-7-14(8-6-13)20(21)22/h3-10H,1-2H3,(H,18,19). The maximum Gasteiger partial charge on any atom is 0.269 e. The fourth-order valence-corrected chi connectivity index (χ4v) is 3.11. The average Bonchev–Trinajstić information content (AvgIpc) is 2.95. The largest absolute Gasteiger partial charge is 0.497 e. The van der Waals surface area contributed by atoms with Gasteiger partial charge in [-0.05, 0) is 43.3 Å². The number of nitrogens with zero attached hydrogens (tertiary/aromatic N) is 2. The molecule has 0 aliphatic carbocycles. The fraction of sp³-hybridized carbons (Fsp3) is 0.118. The molecular weight excluding hydrogens is 326 g/mol. The number of nitrogens with one attached hydrogen (secondary N) is 1. The number of nitro benzene ring substituents is 1. The molecule has 2 aromatic carbocycles. The van der Waals surface area contributed by atoms with Gasteiger partial charge in [0.15, 0.2) is 5.13 Å². The lowest BCUT2D eigenvalue weighted by molar-refractivity contribution is -0.384. The van der Waals surface area contributed by atoms with Gasteiger partial charge in [0, 0.05) is 28.3 Å². The second-order valence-electron chi connectivity index (χ2n) is 5.08. The van der Waals surface area contributed by atoms with Crippen LogP contribution in [0.5, 0.6) is 5.75 Å². The molecule has 3 rings (SSSR count). The van der Waals surface area contributed by atoms with Crippen molar-refractivity contribution in [2.75, 3.05) is 12.4 Å². The van der Waals surface area contributed by atoms with Crippen molar-refractivity contribution in [2.24, 2.45) is 0 Å². The summed E-state index contributed by atoms with van der Waals surface area (Å²) < 4.78 is 5.17. The third kappa shape index (κ3) is 3.36. The number of non-ortho nitro benzene ring substituents is 1. The summed E-state index contributed by atoms with van der Waals surface area (Å²) in [4.78, 5) is 16.0. The zero-order valence-electron chi connectivity index (χ0n) is 13.1. The van der Waals surface area contributed by atoms with E-state index in [9.17, 15) is 10.1 Å². The van der Waals surface area contributed by atoms with E-state index in [1.165, 1.54) is 23.5 Å². The molecule has 1 aromatic heterocycles. The lowest BCUT2D eigenvalue weighted by atomic mass is 10.1. The van der Waals surface area contributed by atoms with Gasteiger partial charge in [-0.15, -0.1) is 11.3 Å². The smallest absolute Gasteiger partial charge is 0.269 e. The number of aromatic nitrogens is 1. The molecular formula is C17H15N3O3S. The molecule has 3 aromatic rings. The minimum atomic E-state index is -0.418. The monoisotopic (exact) mass is 341 g/mol. The zero-order chi connectivity index (χ0) is 17.1. The SMILES string of the molecule is COc1ccc(-c2nc(Nc3ccc([N+](=O)[O-])cc3)sc2C)cc1. The maximum atomic E-state index is 10.7. The number of rotatable bonds is 5. The van der Waals surface area contributed by atoms with Gasteiger partial charge in [-0.1, -0.05) is 0 Å². The Labute approximate surface area is 142 Å². The molecule has 7 heteroatoms. The van der Waals surface area contributed by atoms with Gasteiger partial charge < -0.3 is 10.1 Å². The number of thiazole rings is 1. The van der Waals surface area contributed by atoms with Crippen LogP contribution in [-0.4, -0.2) is 17.0 Å². The van der Waals surface area contributed by atoms with Gasteiger partial charge in [0.25, 0.3) is 5.69 Å². The molecule has 1 heterocycles. The van der Waals surface area contributed by atoms with Crippen LogP contribution in [0.3, 0.4) is 0 Å². The summed E-state index contributed by atoms with van der Waals surface area (Å²) in [6, 6.07) is 14.0. The molecule has 0 amide bonds. The first kappa shape index (κ1) is 15.9. The molecule has 0 saturated carbocycles. The third-order valence-corrected chi connectivity index (χ3v) is 4.38. The predicted octanol–water partition coefficient (Wildman–Crippen LogP) is 4.78. The van der Waals surface area contributed by atoms with Crippen molar-refractivity contribution < 1.29 is 9.66 Å². The minimum Gasteiger partial charge on any atom is -0.497 e. The third-order valence-electron chi connectivity index (χ3n) is 3.49. The van der Waals surface area contributed by atoms with Gasteiger partial charge in [-0.2, -0.15) is 0 Å². The summed E-state index contributed by atoms with van der Waals surface area (Å²) in [7, 11) is 1.63. The molecule has 0 aliphatic heterocycles. The van der Waals surface area contributed by atoms with Crippen LogP contribution < -0.4 is 10.1 Å². The van der Waals surface area contributed by atoms with Gasteiger partial charge in [-0.25, -0.2) is 4.98 Å². The molecule has 0 bridgehead atoms. The van der Waals surface area contributed by atoms with E-state index in [0.29, 0.717) is 0 Å². The first-order chi connectivity index (χ1) is 11.6. The van der Waals surface area contributed by atoms with Crippen molar-refractivity contribution in [3.05, 3.63) is 63.5 Å². The van der Waals surface area contributed by atoms with Gasteiger partial charge in [0.05, 0.1) is 17.7 Å². The molecule has 0 spiro atoms. The van der Waals surface area contributed by atoms with E-state index in [4.69, 9.17) is 4.74 Å².